The number of amides is 1. The Bertz CT molecular complexity index is 583. The zero-order valence-corrected chi connectivity index (χ0v) is 11.4. The first-order valence-electron chi connectivity index (χ1n) is 5.81. The number of nitrogens with zero attached hydrogens (tertiary/aromatic N) is 4. The Balaban J connectivity index is 2.21. The first kappa shape index (κ1) is 13.5. The zero-order valence-electron chi connectivity index (χ0n) is 10.7. The van der Waals surface area contributed by atoms with Crippen LogP contribution in [0, 0.1) is 5.92 Å². The van der Waals surface area contributed by atoms with Crippen molar-refractivity contribution < 1.29 is 4.79 Å². The van der Waals surface area contributed by atoms with Gasteiger partial charge in [0.1, 0.15) is 0 Å². The zero-order chi connectivity index (χ0) is 13.8. The Labute approximate surface area is 115 Å². The average Bonchev–Trinajstić information content (AvgIpc) is 2.84. The van der Waals surface area contributed by atoms with Gasteiger partial charge in [0.2, 0.25) is 5.91 Å². The molecule has 0 saturated carbocycles. The molecule has 1 amide bonds. The standard InChI is InChI=1S/C12H14ClN5O/c1-8(7-13)12(19)14-10-5-3-4-9(6-10)11-15-16-17-18(11)2/h3-6,8H,7H2,1-2H3,(H,14,19). The Morgan fingerprint density at radius 3 is 2.95 bits per heavy atom. The van der Waals surface area contributed by atoms with Crippen molar-refractivity contribution in [1.29, 1.82) is 0 Å². The minimum Gasteiger partial charge on any atom is -0.326 e. The summed E-state index contributed by atoms with van der Waals surface area (Å²) < 4.78 is 1.57. The third-order valence-electron chi connectivity index (χ3n) is 2.69. The maximum atomic E-state index is 11.8. The van der Waals surface area contributed by atoms with Gasteiger partial charge in [-0.2, -0.15) is 0 Å². The molecule has 6 nitrogen and oxygen atoms in total. The van der Waals surface area contributed by atoms with Crippen LogP contribution in [0.1, 0.15) is 6.92 Å². The number of hydrogen-bond acceptors (Lipinski definition) is 4. The normalized spacial score (nSPS) is 12.2. The van der Waals surface area contributed by atoms with E-state index >= 15 is 0 Å². The highest BCUT2D eigenvalue weighted by Crippen LogP contribution is 2.20. The van der Waals surface area contributed by atoms with Gasteiger partial charge in [-0.15, -0.1) is 16.7 Å². The van der Waals surface area contributed by atoms with Crippen molar-refractivity contribution in [3.8, 4) is 11.4 Å². The number of halogens is 1. The highest BCUT2D eigenvalue weighted by molar-refractivity contribution is 6.19. The van der Waals surface area contributed by atoms with E-state index in [1.165, 1.54) is 0 Å². The Morgan fingerprint density at radius 1 is 1.53 bits per heavy atom. The second-order valence-corrected chi connectivity index (χ2v) is 4.56. The van der Waals surface area contributed by atoms with E-state index in [2.05, 4.69) is 20.8 Å². The van der Waals surface area contributed by atoms with Gasteiger partial charge in [-0.1, -0.05) is 19.1 Å². The molecule has 7 heteroatoms. The lowest BCUT2D eigenvalue weighted by Crippen LogP contribution is -2.21. The highest BCUT2D eigenvalue weighted by Gasteiger charge is 2.12. The number of alkyl halides is 1. The molecule has 0 aliphatic heterocycles. The summed E-state index contributed by atoms with van der Waals surface area (Å²) in [5.41, 5.74) is 1.53. The molecule has 2 rings (SSSR count). The number of benzene rings is 1. The van der Waals surface area contributed by atoms with E-state index < -0.39 is 0 Å². The monoisotopic (exact) mass is 279 g/mol. The summed E-state index contributed by atoms with van der Waals surface area (Å²) in [4.78, 5) is 11.8. The van der Waals surface area contributed by atoms with Crippen molar-refractivity contribution in [3.05, 3.63) is 24.3 Å². The molecule has 0 saturated heterocycles. The highest BCUT2D eigenvalue weighted by atomic mass is 35.5. The van der Waals surface area contributed by atoms with Crippen LogP contribution in [0.5, 0.6) is 0 Å². The second kappa shape index (κ2) is 5.79. The predicted octanol–water partition coefficient (Wildman–Crippen LogP) is 1.69. The van der Waals surface area contributed by atoms with Crippen LogP contribution in [0.4, 0.5) is 5.69 Å². The third-order valence-corrected chi connectivity index (χ3v) is 3.15. The van der Waals surface area contributed by atoms with Crippen LogP contribution < -0.4 is 5.32 Å². The second-order valence-electron chi connectivity index (χ2n) is 4.25. The molecule has 0 bridgehead atoms. The van der Waals surface area contributed by atoms with Gasteiger partial charge in [-0.3, -0.25) is 4.79 Å². The molecule has 0 aliphatic rings. The summed E-state index contributed by atoms with van der Waals surface area (Å²) in [5, 5.41) is 14.1. The number of hydrogen-bond donors (Lipinski definition) is 1. The number of nitrogens with one attached hydrogen (secondary N) is 1. The maximum absolute atomic E-state index is 11.8. The first-order chi connectivity index (χ1) is 9.11. The molecule has 19 heavy (non-hydrogen) atoms. The molecule has 0 fully saturated rings. The molecule has 2 aromatic rings. The first-order valence-corrected chi connectivity index (χ1v) is 6.35. The SMILES string of the molecule is CC(CCl)C(=O)Nc1cccc(-c2nnnn2C)c1. The summed E-state index contributed by atoms with van der Waals surface area (Å²) in [6, 6.07) is 7.36. The van der Waals surface area contributed by atoms with Crippen molar-refractivity contribution in [2.75, 3.05) is 11.2 Å². The van der Waals surface area contributed by atoms with Crippen LogP contribution in [0.2, 0.25) is 0 Å². The van der Waals surface area contributed by atoms with Gasteiger partial charge in [-0.05, 0) is 22.6 Å². The number of tetrazole rings is 1. The van der Waals surface area contributed by atoms with Crippen LogP contribution in [0.15, 0.2) is 24.3 Å². The van der Waals surface area contributed by atoms with Gasteiger partial charge in [0.15, 0.2) is 5.82 Å². The fraction of sp³-hybridized carbons (Fsp3) is 0.333. The van der Waals surface area contributed by atoms with Crippen LogP contribution in [0.25, 0.3) is 11.4 Å². The van der Waals surface area contributed by atoms with Crippen molar-refractivity contribution >= 4 is 23.2 Å². The average molecular weight is 280 g/mol. The van der Waals surface area contributed by atoms with E-state index in [4.69, 9.17) is 11.6 Å². The number of carbonyl (C=O) groups excluding carboxylic acids is 1. The molecule has 0 aliphatic carbocycles. The number of aryl methyl sites for hydroxylation is 1. The lowest BCUT2D eigenvalue weighted by Gasteiger charge is -2.10. The van der Waals surface area contributed by atoms with E-state index in [0.717, 1.165) is 5.56 Å². The quantitative estimate of drug-likeness (QED) is 0.865. The van der Waals surface area contributed by atoms with Crippen LogP contribution >= 0.6 is 11.6 Å². The van der Waals surface area contributed by atoms with Gasteiger partial charge in [-0.25, -0.2) is 4.68 Å². The molecule has 100 valence electrons. The Hall–Kier alpha value is -1.95. The van der Waals surface area contributed by atoms with E-state index in [9.17, 15) is 4.79 Å². The predicted molar refractivity (Wildman–Crippen MR) is 72.7 cm³/mol. The molecule has 1 heterocycles. The lowest BCUT2D eigenvalue weighted by atomic mass is 10.1. The van der Waals surface area contributed by atoms with Crippen molar-refractivity contribution in [3.63, 3.8) is 0 Å². The summed E-state index contributed by atoms with van der Waals surface area (Å²) in [5.74, 6) is 0.588. The summed E-state index contributed by atoms with van der Waals surface area (Å²) >= 11 is 5.66. The van der Waals surface area contributed by atoms with E-state index in [-0.39, 0.29) is 11.8 Å². The molecule has 0 radical (unpaired) electrons. The van der Waals surface area contributed by atoms with Gasteiger partial charge in [0.05, 0.1) is 0 Å². The summed E-state index contributed by atoms with van der Waals surface area (Å²) in [6.45, 7) is 1.78. The number of aromatic nitrogens is 4. The molecule has 1 N–H and O–H groups in total. The Morgan fingerprint density at radius 2 is 2.32 bits per heavy atom. The molecular weight excluding hydrogens is 266 g/mol. The van der Waals surface area contributed by atoms with E-state index in [1.54, 1.807) is 18.7 Å². The topological polar surface area (TPSA) is 72.7 Å². The van der Waals surface area contributed by atoms with E-state index in [1.807, 2.05) is 24.3 Å². The lowest BCUT2D eigenvalue weighted by molar-refractivity contribution is -0.118. The van der Waals surface area contributed by atoms with Gasteiger partial charge >= 0.3 is 0 Å². The third kappa shape index (κ3) is 3.08. The van der Waals surface area contributed by atoms with Crippen LogP contribution in [-0.4, -0.2) is 32.0 Å². The molecular formula is C12H14ClN5O. The summed E-state index contributed by atoms with van der Waals surface area (Å²) in [6.07, 6.45) is 0. The fourth-order valence-electron chi connectivity index (χ4n) is 1.55. The van der Waals surface area contributed by atoms with Crippen molar-refractivity contribution in [1.82, 2.24) is 20.2 Å². The van der Waals surface area contributed by atoms with Crippen LogP contribution in [-0.2, 0) is 11.8 Å². The molecule has 0 spiro atoms. The van der Waals surface area contributed by atoms with E-state index in [0.29, 0.717) is 17.4 Å². The molecule has 1 atom stereocenters. The molecule has 1 aromatic heterocycles. The Kier molecular flexibility index (Phi) is 4.11. The summed E-state index contributed by atoms with van der Waals surface area (Å²) in [7, 11) is 1.76. The van der Waals surface area contributed by atoms with Crippen LogP contribution in [0.3, 0.4) is 0 Å². The maximum Gasteiger partial charge on any atom is 0.228 e. The number of rotatable bonds is 4. The minimum absolute atomic E-state index is 0.108. The molecule has 1 aromatic carbocycles. The van der Waals surface area contributed by atoms with Gasteiger partial charge in [0.25, 0.3) is 0 Å². The number of anilines is 1. The largest absolute Gasteiger partial charge is 0.326 e. The van der Waals surface area contributed by atoms with Gasteiger partial charge in [0, 0.05) is 30.1 Å². The minimum atomic E-state index is -0.234. The fourth-order valence-corrected chi connectivity index (χ4v) is 1.69. The number of carbonyl (C=O) groups is 1. The van der Waals surface area contributed by atoms with Crippen molar-refractivity contribution in [2.24, 2.45) is 13.0 Å². The van der Waals surface area contributed by atoms with Crippen molar-refractivity contribution in [2.45, 2.75) is 6.92 Å². The smallest absolute Gasteiger partial charge is 0.228 e. The van der Waals surface area contributed by atoms with Gasteiger partial charge < -0.3 is 5.32 Å². The molecule has 1 unspecified atom stereocenters.